The highest BCUT2D eigenvalue weighted by Crippen LogP contribution is 2.20. The molecule has 9 heteroatoms. The van der Waals surface area contributed by atoms with Crippen molar-refractivity contribution in [3.63, 3.8) is 0 Å². The second-order valence-electron chi connectivity index (χ2n) is 8.89. The number of amides is 3. The zero-order valence-corrected chi connectivity index (χ0v) is 20.6. The molecule has 0 fully saturated rings. The number of carbonyl (C=O) groups excluding carboxylic acids is 2. The largest absolute Gasteiger partial charge is 0.377 e. The van der Waals surface area contributed by atoms with Crippen LogP contribution in [0.15, 0.2) is 0 Å². The molecule has 2 atom stereocenters. The number of hydrogen-bond donors (Lipinski definition) is 5. The fourth-order valence-corrected chi connectivity index (χ4v) is 2.52. The SMILES string of the molecule is CCCCOC(C)CNC(=O)NC(CN)C(=O)NCCC(C)(C)OCCC(C)(C)S. The summed E-state index contributed by atoms with van der Waals surface area (Å²) >= 11 is 4.49. The van der Waals surface area contributed by atoms with E-state index in [1.807, 2.05) is 34.6 Å². The van der Waals surface area contributed by atoms with Crippen LogP contribution in [0.2, 0.25) is 0 Å². The lowest BCUT2D eigenvalue weighted by atomic mass is 10.0. The molecular weight excluding hydrogens is 404 g/mol. The van der Waals surface area contributed by atoms with Crippen molar-refractivity contribution < 1.29 is 19.1 Å². The van der Waals surface area contributed by atoms with Gasteiger partial charge in [-0.25, -0.2) is 4.79 Å². The van der Waals surface area contributed by atoms with E-state index in [4.69, 9.17) is 15.2 Å². The van der Waals surface area contributed by atoms with Crippen LogP contribution in [0, 0.1) is 0 Å². The lowest BCUT2D eigenvalue weighted by molar-refractivity contribution is -0.123. The molecule has 0 spiro atoms. The number of ether oxygens (including phenoxy) is 2. The van der Waals surface area contributed by atoms with Crippen molar-refractivity contribution in [2.24, 2.45) is 5.73 Å². The van der Waals surface area contributed by atoms with Crippen molar-refractivity contribution in [2.45, 2.75) is 89.7 Å². The third-order valence-corrected chi connectivity index (χ3v) is 4.76. The van der Waals surface area contributed by atoms with Gasteiger partial charge in [0.15, 0.2) is 0 Å². The first-order valence-electron chi connectivity index (χ1n) is 10.9. The summed E-state index contributed by atoms with van der Waals surface area (Å²) < 4.78 is 11.4. The van der Waals surface area contributed by atoms with Crippen LogP contribution >= 0.6 is 12.6 Å². The normalized spacial score (nSPS) is 14.1. The monoisotopic (exact) mass is 448 g/mol. The first-order valence-corrected chi connectivity index (χ1v) is 11.3. The molecule has 0 aromatic rings. The van der Waals surface area contributed by atoms with Gasteiger partial charge in [-0.2, -0.15) is 12.6 Å². The summed E-state index contributed by atoms with van der Waals surface area (Å²) in [5, 5.41) is 8.13. The summed E-state index contributed by atoms with van der Waals surface area (Å²) in [7, 11) is 0. The first-order chi connectivity index (χ1) is 13.9. The average Bonchev–Trinajstić information content (AvgIpc) is 2.63. The van der Waals surface area contributed by atoms with Gasteiger partial charge < -0.3 is 31.2 Å². The van der Waals surface area contributed by atoms with Gasteiger partial charge in [0, 0.05) is 37.6 Å². The Hall–Kier alpha value is -1.03. The molecule has 8 nitrogen and oxygen atoms in total. The standard InChI is InChI=1S/C21H44N4O4S/c1-7-8-12-28-16(2)15-24-19(27)25-17(14-22)18(26)23-11-9-20(3,4)29-13-10-21(5,6)30/h16-17,30H,7-15,22H2,1-6H3,(H,23,26)(H2,24,25,27). The minimum atomic E-state index is -0.796. The molecule has 0 saturated heterocycles. The number of hydrogen-bond acceptors (Lipinski definition) is 6. The number of carbonyl (C=O) groups is 2. The van der Waals surface area contributed by atoms with Crippen LogP contribution in [0.1, 0.15) is 67.2 Å². The average molecular weight is 449 g/mol. The van der Waals surface area contributed by atoms with E-state index in [1.54, 1.807) is 0 Å². The molecular formula is C21H44N4O4S. The molecule has 0 heterocycles. The van der Waals surface area contributed by atoms with Gasteiger partial charge in [-0.3, -0.25) is 4.79 Å². The minimum Gasteiger partial charge on any atom is -0.377 e. The molecule has 0 aliphatic carbocycles. The third-order valence-electron chi connectivity index (χ3n) is 4.54. The van der Waals surface area contributed by atoms with E-state index in [0.29, 0.717) is 32.7 Å². The Kier molecular flexibility index (Phi) is 14.4. The van der Waals surface area contributed by atoms with Gasteiger partial charge in [-0.15, -0.1) is 0 Å². The van der Waals surface area contributed by atoms with Gasteiger partial charge in [0.1, 0.15) is 6.04 Å². The van der Waals surface area contributed by atoms with E-state index >= 15 is 0 Å². The first kappa shape index (κ1) is 29.0. The molecule has 30 heavy (non-hydrogen) atoms. The highest BCUT2D eigenvalue weighted by atomic mass is 32.1. The molecule has 0 aliphatic heterocycles. The Balaban J connectivity index is 4.21. The summed E-state index contributed by atoms with van der Waals surface area (Å²) in [4.78, 5) is 24.4. The number of nitrogens with two attached hydrogens (primary N) is 1. The van der Waals surface area contributed by atoms with Gasteiger partial charge >= 0.3 is 6.03 Å². The van der Waals surface area contributed by atoms with Gasteiger partial charge in [-0.1, -0.05) is 27.2 Å². The number of unbranched alkanes of at least 4 members (excludes halogenated alkanes) is 1. The molecule has 5 N–H and O–H groups in total. The summed E-state index contributed by atoms with van der Waals surface area (Å²) in [6.45, 7) is 14.1. The molecule has 178 valence electrons. The predicted molar refractivity (Wildman–Crippen MR) is 125 cm³/mol. The number of thiol groups is 1. The maximum absolute atomic E-state index is 12.3. The Morgan fingerprint density at radius 1 is 1.10 bits per heavy atom. The van der Waals surface area contributed by atoms with Crippen LogP contribution in [0.5, 0.6) is 0 Å². The summed E-state index contributed by atoms with van der Waals surface area (Å²) in [5.74, 6) is -0.313. The molecule has 0 aromatic carbocycles. The summed E-state index contributed by atoms with van der Waals surface area (Å²) in [5.41, 5.74) is 5.29. The highest BCUT2D eigenvalue weighted by Gasteiger charge is 2.23. The number of rotatable bonds is 16. The molecule has 0 aromatic heterocycles. The molecule has 2 unspecified atom stereocenters. The van der Waals surface area contributed by atoms with Crippen LogP contribution in [0.25, 0.3) is 0 Å². The van der Waals surface area contributed by atoms with Crippen molar-refractivity contribution >= 4 is 24.6 Å². The van der Waals surface area contributed by atoms with Crippen molar-refractivity contribution in [3.8, 4) is 0 Å². The second kappa shape index (κ2) is 14.9. The Labute approximate surface area is 188 Å². The van der Waals surface area contributed by atoms with E-state index in [0.717, 1.165) is 19.3 Å². The smallest absolute Gasteiger partial charge is 0.315 e. The van der Waals surface area contributed by atoms with E-state index in [2.05, 4.69) is 35.5 Å². The zero-order chi connectivity index (χ0) is 23.2. The molecule has 0 aliphatic rings. The lowest BCUT2D eigenvalue weighted by Gasteiger charge is -2.28. The maximum atomic E-state index is 12.3. The molecule has 0 bridgehead atoms. The van der Waals surface area contributed by atoms with Crippen molar-refractivity contribution in [1.29, 1.82) is 0 Å². The van der Waals surface area contributed by atoms with Crippen LogP contribution in [0.4, 0.5) is 4.79 Å². The molecule has 3 amide bonds. The number of urea groups is 1. The fourth-order valence-electron chi connectivity index (χ4n) is 2.42. The van der Waals surface area contributed by atoms with Crippen molar-refractivity contribution in [3.05, 3.63) is 0 Å². The van der Waals surface area contributed by atoms with Crippen LogP contribution < -0.4 is 21.7 Å². The molecule has 0 saturated carbocycles. The number of nitrogens with one attached hydrogen (secondary N) is 3. The fraction of sp³-hybridized carbons (Fsp3) is 0.905. The Bertz CT molecular complexity index is 498. The highest BCUT2D eigenvalue weighted by molar-refractivity contribution is 7.81. The van der Waals surface area contributed by atoms with E-state index in [-0.39, 0.29) is 28.9 Å². The van der Waals surface area contributed by atoms with E-state index in [9.17, 15) is 9.59 Å². The van der Waals surface area contributed by atoms with Crippen molar-refractivity contribution in [2.75, 3.05) is 32.8 Å². The van der Waals surface area contributed by atoms with Crippen LogP contribution in [0.3, 0.4) is 0 Å². The minimum absolute atomic E-state index is 0.0126. The maximum Gasteiger partial charge on any atom is 0.315 e. The van der Waals surface area contributed by atoms with E-state index < -0.39 is 12.1 Å². The van der Waals surface area contributed by atoms with Gasteiger partial charge in [-0.05, 0) is 40.0 Å². The predicted octanol–water partition coefficient (Wildman–Crippen LogP) is 2.22. The molecule has 0 rings (SSSR count). The zero-order valence-electron chi connectivity index (χ0n) is 19.7. The summed E-state index contributed by atoms with van der Waals surface area (Å²) in [6, 6.07) is -1.24. The van der Waals surface area contributed by atoms with Crippen LogP contribution in [-0.4, -0.2) is 67.3 Å². The van der Waals surface area contributed by atoms with Gasteiger partial charge in [0.25, 0.3) is 0 Å². The van der Waals surface area contributed by atoms with Gasteiger partial charge in [0.2, 0.25) is 5.91 Å². The Morgan fingerprint density at radius 3 is 2.33 bits per heavy atom. The topological polar surface area (TPSA) is 115 Å². The second-order valence-corrected chi connectivity index (χ2v) is 10.1. The quantitative estimate of drug-likeness (QED) is 0.183. The third kappa shape index (κ3) is 15.8. The Morgan fingerprint density at radius 2 is 1.77 bits per heavy atom. The summed E-state index contributed by atoms with van der Waals surface area (Å²) in [6.07, 6.45) is 3.43. The van der Waals surface area contributed by atoms with E-state index in [1.165, 1.54) is 0 Å². The van der Waals surface area contributed by atoms with Crippen molar-refractivity contribution in [1.82, 2.24) is 16.0 Å². The van der Waals surface area contributed by atoms with Crippen LogP contribution in [-0.2, 0) is 14.3 Å². The lowest BCUT2D eigenvalue weighted by Crippen LogP contribution is -2.54. The molecule has 0 radical (unpaired) electrons. The van der Waals surface area contributed by atoms with Gasteiger partial charge in [0.05, 0.1) is 11.7 Å².